The van der Waals surface area contributed by atoms with Gasteiger partial charge in [-0.15, -0.1) is 0 Å². The van der Waals surface area contributed by atoms with Crippen molar-refractivity contribution in [3.63, 3.8) is 0 Å². The molecule has 0 radical (unpaired) electrons. The molecule has 0 saturated carbocycles. The van der Waals surface area contributed by atoms with Gasteiger partial charge in [-0.1, -0.05) is 6.07 Å². The molecular formula is C17H16N2O2. The van der Waals surface area contributed by atoms with Crippen LogP contribution in [-0.4, -0.2) is 18.0 Å². The van der Waals surface area contributed by atoms with Crippen molar-refractivity contribution >= 4 is 11.6 Å². The number of aromatic nitrogens is 1. The Balaban J connectivity index is 2.00. The van der Waals surface area contributed by atoms with Gasteiger partial charge in [-0.3, -0.25) is 14.7 Å². The average molecular weight is 280 g/mol. The number of rotatable bonds is 3. The summed E-state index contributed by atoms with van der Waals surface area (Å²) in [5.74, 6) is 0.748. The number of hydrogen-bond donors (Lipinski definition) is 0. The van der Waals surface area contributed by atoms with E-state index in [-0.39, 0.29) is 11.9 Å². The van der Waals surface area contributed by atoms with Crippen molar-refractivity contribution < 1.29 is 9.53 Å². The first kappa shape index (κ1) is 13.4. The van der Waals surface area contributed by atoms with Gasteiger partial charge >= 0.3 is 0 Å². The van der Waals surface area contributed by atoms with Gasteiger partial charge in [-0.2, -0.15) is 0 Å². The molecular weight excluding hydrogens is 264 g/mol. The molecule has 0 saturated heterocycles. The maximum atomic E-state index is 12.3. The van der Waals surface area contributed by atoms with Crippen LogP contribution in [0.15, 0.2) is 60.3 Å². The summed E-state index contributed by atoms with van der Waals surface area (Å²) < 4.78 is 5.16. The third-order valence-corrected chi connectivity index (χ3v) is 3.60. The minimum absolute atomic E-state index is 0.0201. The first-order chi connectivity index (χ1) is 10.2. The SMILES string of the molecule is COc1ccc(N2C(=O)C=C(C)C2c2ccccn2)cc1. The van der Waals surface area contributed by atoms with Gasteiger partial charge in [0.05, 0.1) is 12.8 Å². The van der Waals surface area contributed by atoms with Crippen LogP contribution in [0.2, 0.25) is 0 Å². The fourth-order valence-corrected chi connectivity index (χ4v) is 2.60. The largest absolute Gasteiger partial charge is 0.497 e. The second-order valence-corrected chi connectivity index (χ2v) is 4.95. The molecule has 1 aliphatic rings. The highest BCUT2D eigenvalue weighted by molar-refractivity contribution is 6.06. The molecule has 0 fully saturated rings. The molecule has 0 N–H and O–H groups in total. The van der Waals surface area contributed by atoms with Crippen LogP contribution in [-0.2, 0) is 4.79 Å². The van der Waals surface area contributed by atoms with E-state index < -0.39 is 0 Å². The molecule has 4 nitrogen and oxygen atoms in total. The molecule has 1 amide bonds. The van der Waals surface area contributed by atoms with Gasteiger partial charge in [-0.25, -0.2) is 0 Å². The summed E-state index contributed by atoms with van der Waals surface area (Å²) in [6.07, 6.45) is 3.42. The molecule has 0 spiro atoms. The van der Waals surface area contributed by atoms with Gasteiger partial charge in [0.2, 0.25) is 0 Å². The Kier molecular flexibility index (Phi) is 3.44. The van der Waals surface area contributed by atoms with Crippen molar-refractivity contribution in [2.45, 2.75) is 13.0 Å². The van der Waals surface area contributed by atoms with E-state index in [4.69, 9.17) is 4.74 Å². The fraction of sp³-hybridized carbons (Fsp3) is 0.176. The van der Waals surface area contributed by atoms with Gasteiger partial charge in [0.1, 0.15) is 11.8 Å². The van der Waals surface area contributed by atoms with Crippen molar-refractivity contribution in [3.05, 3.63) is 66.0 Å². The molecule has 3 rings (SSSR count). The predicted octanol–water partition coefficient (Wildman–Crippen LogP) is 3.12. The number of carbonyl (C=O) groups is 1. The number of benzene rings is 1. The number of anilines is 1. The van der Waals surface area contributed by atoms with Gasteiger partial charge in [0.25, 0.3) is 5.91 Å². The fourth-order valence-electron chi connectivity index (χ4n) is 2.60. The van der Waals surface area contributed by atoms with Gasteiger partial charge in [-0.05, 0) is 48.9 Å². The van der Waals surface area contributed by atoms with Crippen LogP contribution in [0, 0.1) is 0 Å². The van der Waals surface area contributed by atoms with Crippen molar-refractivity contribution in [2.24, 2.45) is 0 Å². The number of methoxy groups -OCH3 is 1. The van der Waals surface area contributed by atoms with E-state index in [1.807, 2.05) is 49.4 Å². The summed E-state index contributed by atoms with van der Waals surface area (Å²) >= 11 is 0. The molecule has 2 heterocycles. The van der Waals surface area contributed by atoms with E-state index >= 15 is 0 Å². The molecule has 1 atom stereocenters. The standard InChI is InChI=1S/C17H16N2O2/c1-12-11-16(20)19(13-6-8-14(21-2)9-7-13)17(12)15-5-3-4-10-18-15/h3-11,17H,1-2H3. The van der Waals surface area contributed by atoms with Crippen molar-refractivity contribution in [1.29, 1.82) is 0 Å². The first-order valence-electron chi connectivity index (χ1n) is 6.77. The Morgan fingerprint density at radius 3 is 2.52 bits per heavy atom. The zero-order valence-corrected chi connectivity index (χ0v) is 12.0. The Labute approximate surface area is 123 Å². The summed E-state index contributed by atoms with van der Waals surface area (Å²) in [4.78, 5) is 18.5. The van der Waals surface area contributed by atoms with Crippen LogP contribution < -0.4 is 9.64 Å². The molecule has 21 heavy (non-hydrogen) atoms. The van der Waals surface area contributed by atoms with Crippen LogP contribution in [0.1, 0.15) is 18.7 Å². The Morgan fingerprint density at radius 1 is 1.14 bits per heavy atom. The first-order valence-corrected chi connectivity index (χ1v) is 6.77. The molecule has 2 aromatic rings. The minimum Gasteiger partial charge on any atom is -0.497 e. The van der Waals surface area contributed by atoms with E-state index in [1.54, 1.807) is 24.3 Å². The lowest BCUT2D eigenvalue weighted by Gasteiger charge is -2.26. The van der Waals surface area contributed by atoms with E-state index in [0.29, 0.717) is 0 Å². The Morgan fingerprint density at radius 2 is 1.90 bits per heavy atom. The van der Waals surface area contributed by atoms with Crippen LogP contribution in [0.4, 0.5) is 5.69 Å². The van der Waals surface area contributed by atoms with E-state index in [0.717, 1.165) is 22.7 Å². The summed E-state index contributed by atoms with van der Waals surface area (Å²) in [5.41, 5.74) is 2.70. The summed E-state index contributed by atoms with van der Waals surface area (Å²) in [6.45, 7) is 1.96. The second kappa shape index (κ2) is 5.40. The Bertz CT molecular complexity index is 678. The monoisotopic (exact) mass is 280 g/mol. The van der Waals surface area contributed by atoms with Gasteiger partial charge in [0, 0.05) is 18.0 Å². The normalized spacial score (nSPS) is 17.8. The summed E-state index contributed by atoms with van der Waals surface area (Å²) in [7, 11) is 1.62. The number of amides is 1. The maximum Gasteiger partial charge on any atom is 0.251 e. The number of nitrogens with zero attached hydrogens (tertiary/aromatic N) is 2. The third-order valence-electron chi connectivity index (χ3n) is 3.60. The molecule has 1 unspecified atom stereocenters. The molecule has 106 valence electrons. The molecule has 4 heteroatoms. The average Bonchev–Trinajstić information content (AvgIpc) is 2.82. The lowest BCUT2D eigenvalue weighted by molar-refractivity contribution is -0.113. The molecule has 1 aliphatic heterocycles. The van der Waals surface area contributed by atoms with E-state index in [1.165, 1.54) is 0 Å². The van der Waals surface area contributed by atoms with Crippen molar-refractivity contribution in [1.82, 2.24) is 4.98 Å². The summed E-state index contributed by atoms with van der Waals surface area (Å²) in [6, 6.07) is 13.1. The number of ether oxygens (including phenoxy) is 1. The van der Waals surface area contributed by atoms with E-state index in [9.17, 15) is 4.79 Å². The van der Waals surface area contributed by atoms with Crippen LogP contribution in [0.5, 0.6) is 5.75 Å². The summed E-state index contributed by atoms with van der Waals surface area (Å²) in [5, 5.41) is 0. The number of pyridine rings is 1. The van der Waals surface area contributed by atoms with Crippen LogP contribution >= 0.6 is 0 Å². The highest BCUT2D eigenvalue weighted by Gasteiger charge is 2.33. The Hall–Kier alpha value is -2.62. The van der Waals surface area contributed by atoms with Crippen molar-refractivity contribution in [2.75, 3.05) is 12.0 Å². The predicted molar refractivity (Wildman–Crippen MR) is 81.2 cm³/mol. The molecule has 1 aromatic carbocycles. The number of carbonyl (C=O) groups excluding carboxylic acids is 1. The zero-order chi connectivity index (χ0) is 14.8. The highest BCUT2D eigenvalue weighted by Crippen LogP contribution is 2.37. The smallest absolute Gasteiger partial charge is 0.251 e. The lowest BCUT2D eigenvalue weighted by atomic mass is 10.1. The highest BCUT2D eigenvalue weighted by atomic mass is 16.5. The van der Waals surface area contributed by atoms with Crippen molar-refractivity contribution in [3.8, 4) is 5.75 Å². The number of hydrogen-bond acceptors (Lipinski definition) is 3. The second-order valence-electron chi connectivity index (χ2n) is 4.95. The molecule has 0 aliphatic carbocycles. The van der Waals surface area contributed by atoms with Crippen LogP contribution in [0.25, 0.3) is 0 Å². The molecule has 0 bridgehead atoms. The lowest BCUT2D eigenvalue weighted by Crippen LogP contribution is -2.29. The zero-order valence-electron chi connectivity index (χ0n) is 12.0. The topological polar surface area (TPSA) is 42.4 Å². The maximum absolute atomic E-state index is 12.3. The van der Waals surface area contributed by atoms with Crippen LogP contribution in [0.3, 0.4) is 0 Å². The van der Waals surface area contributed by atoms with Gasteiger partial charge in [0.15, 0.2) is 0 Å². The van der Waals surface area contributed by atoms with Gasteiger partial charge < -0.3 is 4.74 Å². The molecule has 1 aromatic heterocycles. The quantitative estimate of drug-likeness (QED) is 0.867. The minimum atomic E-state index is -0.146. The van der Waals surface area contributed by atoms with E-state index in [2.05, 4.69) is 4.98 Å². The third kappa shape index (κ3) is 2.40.